The summed E-state index contributed by atoms with van der Waals surface area (Å²) in [5, 5.41) is 0. The Morgan fingerprint density at radius 1 is 1.86 bits per heavy atom. The fourth-order valence-electron chi connectivity index (χ4n) is 0.142. The minimum Gasteiger partial charge on any atom is -0.305 e. The van der Waals surface area contributed by atoms with E-state index in [9.17, 15) is 0 Å². The van der Waals surface area contributed by atoms with E-state index in [1.807, 2.05) is 0 Å². The highest BCUT2D eigenvalue weighted by Gasteiger charge is 1.65. The quantitative estimate of drug-likeness (QED) is 0.340. The third-order valence-electron chi connectivity index (χ3n) is 0.372. The third kappa shape index (κ3) is 10.7. The number of nitrogens with one attached hydrogen (secondary N) is 1. The van der Waals surface area contributed by atoms with Crippen molar-refractivity contribution >= 4 is 12.4 Å². The Balaban J connectivity index is 0. The second-order valence-electron chi connectivity index (χ2n) is 0.841. The van der Waals surface area contributed by atoms with Crippen LogP contribution >= 0.6 is 12.4 Å². The summed E-state index contributed by atoms with van der Waals surface area (Å²) >= 11 is 0. The first-order valence-corrected chi connectivity index (χ1v) is 1.78. The van der Waals surface area contributed by atoms with Crippen molar-refractivity contribution in [3.05, 3.63) is 12.7 Å². The molecule has 7 heavy (non-hydrogen) atoms. The fraction of sp³-hybridized carbons (Fsp3) is 0.500. The maximum Gasteiger partial charge on any atom is 0.0572 e. The molecule has 0 aromatic rings. The molecule has 0 rings (SSSR count). The summed E-state index contributed by atoms with van der Waals surface area (Å²) in [6.45, 7) is 4.16. The molecular formula is C4H10ClNO. The first-order valence-electron chi connectivity index (χ1n) is 1.78. The lowest BCUT2D eigenvalue weighted by Crippen LogP contribution is -2.09. The maximum absolute atomic E-state index is 4.46. The molecule has 0 amide bonds. The van der Waals surface area contributed by atoms with Crippen molar-refractivity contribution in [2.24, 2.45) is 0 Å². The van der Waals surface area contributed by atoms with Crippen molar-refractivity contribution in [1.82, 2.24) is 5.48 Å². The van der Waals surface area contributed by atoms with Crippen LogP contribution in [0.15, 0.2) is 12.7 Å². The number of rotatable bonds is 3. The van der Waals surface area contributed by atoms with Crippen molar-refractivity contribution in [3.63, 3.8) is 0 Å². The van der Waals surface area contributed by atoms with Gasteiger partial charge in [-0.1, -0.05) is 6.08 Å². The van der Waals surface area contributed by atoms with Gasteiger partial charge in [0.05, 0.1) is 7.11 Å². The Bertz CT molecular complexity index is 40.7. The summed E-state index contributed by atoms with van der Waals surface area (Å²) in [6, 6.07) is 0. The Hall–Kier alpha value is -0.0500. The van der Waals surface area contributed by atoms with Crippen LogP contribution in [0.3, 0.4) is 0 Å². The molecule has 0 saturated heterocycles. The minimum absolute atomic E-state index is 0. The largest absolute Gasteiger partial charge is 0.305 e. The molecule has 0 aliphatic carbocycles. The van der Waals surface area contributed by atoms with Crippen molar-refractivity contribution in [3.8, 4) is 0 Å². The molecule has 0 aliphatic heterocycles. The molecule has 0 radical (unpaired) electrons. The van der Waals surface area contributed by atoms with Gasteiger partial charge in [-0.25, -0.2) is 0 Å². The van der Waals surface area contributed by atoms with Crippen LogP contribution in [-0.4, -0.2) is 13.7 Å². The first kappa shape index (κ1) is 10.0. The van der Waals surface area contributed by atoms with E-state index in [0.717, 1.165) is 0 Å². The fourth-order valence-corrected chi connectivity index (χ4v) is 0.142. The summed E-state index contributed by atoms with van der Waals surface area (Å²) < 4.78 is 0. The average molecular weight is 124 g/mol. The minimum atomic E-state index is 0. The predicted molar refractivity (Wildman–Crippen MR) is 32.5 cm³/mol. The predicted octanol–water partition coefficient (Wildman–Crippen LogP) is 0.745. The Labute approximate surface area is 49.9 Å². The van der Waals surface area contributed by atoms with Gasteiger partial charge in [0.2, 0.25) is 0 Å². The van der Waals surface area contributed by atoms with Gasteiger partial charge in [0, 0.05) is 6.54 Å². The molecule has 1 N–H and O–H groups in total. The summed E-state index contributed by atoms with van der Waals surface area (Å²) in [7, 11) is 1.57. The number of hydrogen-bond donors (Lipinski definition) is 1. The van der Waals surface area contributed by atoms with Crippen LogP contribution in [0.25, 0.3) is 0 Å². The zero-order valence-electron chi connectivity index (χ0n) is 4.31. The van der Waals surface area contributed by atoms with Crippen molar-refractivity contribution < 1.29 is 4.84 Å². The molecule has 0 aromatic heterocycles. The van der Waals surface area contributed by atoms with Crippen LogP contribution in [0.2, 0.25) is 0 Å². The van der Waals surface area contributed by atoms with Crippen molar-refractivity contribution in [2.45, 2.75) is 0 Å². The molecule has 0 bridgehead atoms. The smallest absolute Gasteiger partial charge is 0.0572 e. The van der Waals surface area contributed by atoms with Crippen LogP contribution in [0.1, 0.15) is 0 Å². The molecule has 2 nitrogen and oxygen atoms in total. The van der Waals surface area contributed by atoms with Gasteiger partial charge < -0.3 is 4.84 Å². The molecule has 0 saturated carbocycles. The van der Waals surface area contributed by atoms with Crippen LogP contribution in [0.5, 0.6) is 0 Å². The maximum atomic E-state index is 4.46. The van der Waals surface area contributed by atoms with Gasteiger partial charge in [-0.3, -0.25) is 0 Å². The lowest BCUT2D eigenvalue weighted by Gasteiger charge is -1.90. The number of halogens is 1. The lowest BCUT2D eigenvalue weighted by atomic mass is 10.7. The second-order valence-corrected chi connectivity index (χ2v) is 0.841. The molecule has 0 spiro atoms. The highest BCUT2D eigenvalue weighted by atomic mass is 35.5. The van der Waals surface area contributed by atoms with Gasteiger partial charge in [0.25, 0.3) is 0 Å². The van der Waals surface area contributed by atoms with Crippen LogP contribution in [-0.2, 0) is 4.84 Å². The highest BCUT2D eigenvalue weighted by Crippen LogP contribution is 1.55. The Kier molecular flexibility index (Phi) is 13.4. The Morgan fingerprint density at radius 2 is 2.43 bits per heavy atom. The molecular weight excluding hydrogens is 114 g/mol. The van der Waals surface area contributed by atoms with Gasteiger partial charge in [-0.2, -0.15) is 5.48 Å². The van der Waals surface area contributed by atoms with Gasteiger partial charge in [-0.05, 0) is 0 Å². The third-order valence-corrected chi connectivity index (χ3v) is 0.372. The SMILES string of the molecule is C=CCNOC.Cl. The van der Waals surface area contributed by atoms with Crippen LogP contribution < -0.4 is 5.48 Å². The molecule has 0 aliphatic rings. The van der Waals surface area contributed by atoms with Gasteiger partial charge in [0.1, 0.15) is 0 Å². The summed E-state index contributed by atoms with van der Waals surface area (Å²) in [4.78, 5) is 4.46. The van der Waals surface area contributed by atoms with E-state index in [1.54, 1.807) is 13.2 Å². The number of hydrogen-bond acceptors (Lipinski definition) is 2. The van der Waals surface area contributed by atoms with Crippen molar-refractivity contribution in [2.75, 3.05) is 13.7 Å². The van der Waals surface area contributed by atoms with Crippen LogP contribution in [0.4, 0.5) is 0 Å². The van der Waals surface area contributed by atoms with Gasteiger partial charge >= 0.3 is 0 Å². The zero-order chi connectivity index (χ0) is 4.83. The molecule has 0 atom stereocenters. The van der Waals surface area contributed by atoms with E-state index in [-0.39, 0.29) is 12.4 Å². The molecule has 44 valence electrons. The average Bonchev–Trinajstić information content (AvgIpc) is 1.61. The first-order chi connectivity index (χ1) is 2.91. The van der Waals surface area contributed by atoms with E-state index in [4.69, 9.17) is 0 Å². The van der Waals surface area contributed by atoms with Crippen LogP contribution in [0, 0.1) is 0 Å². The molecule has 0 fully saturated rings. The molecule has 0 unspecified atom stereocenters. The number of hydroxylamine groups is 1. The molecule has 3 heteroatoms. The molecule has 0 heterocycles. The van der Waals surface area contributed by atoms with E-state index in [2.05, 4.69) is 16.9 Å². The van der Waals surface area contributed by atoms with E-state index in [0.29, 0.717) is 6.54 Å². The normalized spacial score (nSPS) is 7.00. The van der Waals surface area contributed by atoms with Gasteiger partial charge in [0.15, 0.2) is 0 Å². The second kappa shape index (κ2) is 9.34. The summed E-state index contributed by atoms with van der Waals surface area (Å²) in [5.74, 6) is 0. The van der Waals surface area contributed by atoms with E-state index < -0.39 is 0 Å². The van der Waals surface area contributed by atoms with Crippen molar-refractivity contribution in [1.29, 1.82) is 0 Å². The topological polar surface area (TPSA) is 21.3 Å². The summed E-state index contributed by atoms with van der Waals surface area (Å²) in [5.41, 5.74) is 2.58. The Morgan fingerprint density at radius 3 is 2.57 bits per heavy atom. The molecule has 0 aromatic carbocycles. The monoisotopic (exact) mass is 123 g/mol. The lowest BCUT2D eigenvalue weighted by molar-refractivity contribution is 0.101. The highest BCUT2D eigenvalue weighted by molar-refractivity contribution is 5.85. The standard InChI is InChI=1S/C4H9NO.ClH/c1-3-4-5-6-2;/h3,5H,1,4H2,2H3;1H. The van der Waals surface area contributed by atoms with E-state index >= 15 is 0 Å². The summed E-state index contributed by atoms with van der Waals surface area (Å²) in [6.07, 6.45) is 1.73. The van der Waals surface area contributed by atoms with E-state index in [1.165, 1.54) is 0 Å². The van der Waals surface area contributed by atoms with Gasteiger partial charge in [-0.15, -0.1) is 19.0 Å². The zero-order valence-corrected chi connectivity index (χ0v) is 5.12.